The predicted octanol–water partition coefficient (Wildman–Crippen LogP) is 2.18. The molecule has 0 unspecified atom stereocenters. The van der Waals surface area contributed by atoms with E-state index in [2.05, 4.69) is 36.0 Å². The van der Waals surface area contributed by atoms with Gasteiger partial charge in [0, 0.05) is 38.3 Å². The minimum Gasteiger partial charge on any atom is -0.314 e. The molecule has 1 N–H and O–H groups in total. The molecule has 0 atom stereocenters. The Labute approximate surface area is 119 Å². The molecule has 0 spiro atoms. The first-order valence-corrected chi connectivity index (χ1v) is 8.22. The van der Waals surface area contributed by atoms with Gasteiger partial charge in [0.05, 0.1) is 0 Å². The van der Waals surface area contributed by atoms with E-state index in [1.165, 1.54) is 58.3 Å². The van der Waals surface area contributed by atoms with Gasteiger partial charge in [-0.05, 0) is 52.6 Å². The molecule has 2 aliphatic rings. The molecule has 3 nitrogen and oxygen atoms in total. The van der Waals surface area contributed by atoms with Crippen LogP contribution in [-0.2, 0) is 0 Å². The third-order valence-corrected chi connectivity index (χ3v) is 5.12. The lowest BCUT2D eigenvalue weighted by Crippen LogP contribution is -2.54. The second-order valence-corrected chi connectivity index (χ2v) is 7.21. The van der Waals surface area contributed by atoms with Gasteiger partial charge >= 0.3 is 0 Å². The number of nitrogens with zero attached hydrogens (tertiary/aromatic N) is 2. The number of piperazine rings is 1. The smallest absolute Gasteiger partial charge is 0.0166 e. The molecule has 0 aromatic rings. The van der Waals surface area contributed by atoms with Gasteiger partial charge in [-0.15, -0.1) is 0 Å². The van der Waals surface area contributed by atoms with E-state index in [1.54, 1.807) is 0 Å². The summed E-state index contributed by atoms with van der Waals surface area (Å²) in [7, 11) is 2.31. The van der Waals surface area contributed by atoms with Crippen LogP contribution in [0.1, 0.15) is 46.0 Å². The number of nitrogens with one attached hydrogen (secondary N) is 1. The highest BCUT2D eigenvalue weighted by atomic mass is 15.2. The molecule has 1 aliphatic carbocycles. The summed E-state index contributed by atoms with van der Waals surface area (Å²) < 4.78 is 0. The van der Waals surface area contributed by atoms with Crippen LogP contribution in [0.15, 0.2) is 0 Å². The van der Waals surface area contributed by atoms with E-state index in [1.807, 2.05) is 0 Å². The van der Waals surface area contributed by atoms with E-state index in [-0.39, 0.29) is 0 Å². The minimum absolute atomic E-state index is 0.353. The molecule has 0 aromatic carbocycles. The highest BCUT2D eigenvalue weighted by Crippen LogP contribution is 2.26. The zero-order valence-electron chi connectivity index (χ0n) is 13.2. The molecular formula is C16H33N3. The molecule has 19 heavy (non-hydrogen) atoms. The highest BCUT2D eigenvalue weighted by molar-refractivity contribution is 4.85. The first-order valence-electron chi connectivity index (χ1n) is 8.22. The molecule has 1 aliphatic heterocycles. The Morgan fingerprint density at radius 1 is 1.16 bits per heavy atom. The van der Waals surface area contributed by atoms with E-state index >= 15 is 0 Å². The maximum Gasteiger partial charge on any atom is 0.0166 e. The average Bonchev–Trinajstić information content (AvgIpc) is 2.90. The molecule has 0 radical (unpaired) electrons. The standard InChI is InChI=1S/C16H33N3/c1-16(2,19-12-9-17-10-13-19)8-11-18(3)14-15-6-4-5-7-15/h15,17H,4-14H2,1-3H3. The number of hydrogen-bond acceptors (Lipinski definition) is 3. The van der Waals surface area contributed by atoms with E-state index in [0.717, 1.165) is 19.0 Å². The van der Waals surface area contributed by atoms with Crippen molar-refractivity contribution in [3.63, 3.8) is 0 Å². The Balaban J connectivity index is 1.69. The van der Waals surface area contributed by atoms with Crippen LogP contribution in [-0.4, -0.2) is 61.7 Å². The van der Waals surface area contributed by atoms with Crippen molar-refractivity contribution < 1.29 is 0 Å². The van der Waals surface area contributed by atoms with Crippen molar-refractivity contribution in [2.75, 3.05) is 46.3 Å². The first-order chi connectivity index (χ1) is 9.08. The zero-order chi connectivity index (χ0) is 13.7. The predicted molar refractivity (Wildman–Crippen MR) is 82.6 cm³/mol. The summed E-state index contributed by atoms with van der Waals surface area (Å²) in [5, 5.41) is 3.45. The molecule has 3 heteroatoms. The van der Waals surface area contributed by atoms with E-state index in [4.69, 9.17) is 0 Å². The third kappa shape index (κ3) is 4.73. The topological polar surface area (TPSA) is 18.5 Å². The third-order valence-electron chi connectivity index (χ3n) is 5.12. The summed E-state index contributed by atoms with van der Waals surface area (Å²) in [6.45, 7) is 12.1. The van der Waals surface area contributed by atoms with Crippen LogP contribution in [0, 0.1) is 5.92 Å². The van der Waals surface area contributed by atoms with Gasteiger partial charge in [-0.3, -0.25) is 4.90 Å². The maximum absolute atomic E-state index is 3.45. The molecule has 1 saturated carbocycles. The Hall–Kier alpha value is -0.120. The molecule has 1 heterocycles. The van der Waals surface area contributed by atoms with Crippen LogP contribution in [0.4, 0.5) is 0 Å². The Kier molecular flexibility index (Phi) is 5.67. The Morgan fingerprint density at radius 3 is 2.42 bits per heavy atom. The van der Waals surface area contributed by atoms with Gasteiger partial charge in [0.2, 0.25) is 0 Å². The lowest BCUT2D eigenvalue weighted by molar-refractivity contribution is 0.0844. The van der Waals surface area contributed by atoms with E-state index in [0.29, 0.717) is 5.54 Å². The van der Waals surface area contributed by atoms with Crippen molar-refractivity contribution in [1.82, 2.24) is 15.1 Å². The Morgan fingerprint density at radius 2 is 1.79 bits per heavy atom. The monoisotopic (exact) mass is 267 g/mol. The highest BCUT2D eigenvalue weighted by Gasteiger charge is 2.28. The molecule has 2 fully saturated rings. The van der Waals surface area contributed by atoms with Crippen molar-refractivity contribution in [2.45, 2.75) is 51.5 Å². The fourth-order valence-electron chi connectivity index (χ4n) is 3.62. The van der Waals surface area contributed by atoms with Crippen LogP contribution in [0.5, 0.6) is 0 Å². The SMILES string of the molecule is CN(CCC(C)(C)N1CCNCC1)CC1CCCC1. The molecule has 112 valence electrons. The van der Waals surface area contributed by atoms with Gasteiger partial charge in [-0.1, -0.05) is 12.8 Å². The van der Waals surface area contributed by atoms with Crippen LogP contribution >= 0.6 is 0 Å². The molecule has 2 rings (SSSR count). The lowest BCUT2D eigenvalue weighted by Gasteiger charge is -2.42. The van der Waals surface area contributed by atoms with Gasteiger partial charge in [0.1, 0.15) is 0 Å². The summed E-state index contributed by atoms with van der Waals surface area (Å²) >= 11 is 0. The molecule has 0 bridgehead atoms. The number of rotatable bonds is 6. The van der Waals surface area contributed by atoms with Crippen molar-refractivity contribution in [3.05, 3.63) is 0 Å². The van der Waals surface area contributed by atoms with Crippen LogP contribution < -0.4 is 5.32 Å². The van der Waals surface area contributed by atoms with Crippen molar-refractivity contribution in [3.8, 4) is 0 Å². The van der Waals surface area contributed by atoms with Crippen LogP contribution in [0.25, 0.3) is 0 Å². The quantitative estimate of drug-likeness (QED) is 0.796. The van der Waals surface area contributed by atoms with Crippen molar-refractivity contribution in [2.24, 2.45) is 5.92 Å². The number of hydrogen-bond donors (Lipinski definition) is 1. The summed E-state index contributed by atoms with van der Waals surface area (Å²) in [6, 6.07) is 0. The summed E-state index contributed by atoms with van der Waals surface area (Å²) in [5.74, 6) is 0.979. The summed E-state index contributed by atoms with van der Waals surface area (Å²) in [4.78, 5) is 5.23. The van der Waals surface area contributed by atoms with Gasteiger partial charge in [0.25, 0.3) is 0 Å². The first kappa shape index (κ1) is 15.3. The second kappa shape index (κ2) is 7.05. The lowest BCUT2D eigenvalue weighted by atomic mass is 9.96. The van der Waals surface area contributed by atoms with Gasteiger partial charge < -0.3 is 10.2 Å². The Bertz CT molecular complexity index is 253. The second-order valence-electron chi connectivity index (χ2n) is 7.21. The largest absolute Gasteiger partial charge is 0.314 e. The summed E-state index contributed by atoms with van der Waals surface area (Å²) in [6.07, 6.45) is 7.14. The molecule has 0 aromatic heterocycles. The van der Waals surface area contributed by atoms with Gasteiger partial charge in [-0.25, -0.2) is 0 Å². The molecular weight excluding hydrogens is 234 g/mol. The van der Waals surface area contributed by atoms with Crippen LogP contribution in [0.3, 0.4) is 0 Å². The molecule has 0 amide bonds. The fourth-order valence-corrected chi connectivity index (χ4v) is 3.62. The van der Waals surface area contributed by atoms with E-state index < -0.39 is 0 Å². The van der Waals surface area contributed by atoms with Gasteiger partial charge in [0.15, 0.2) is 0 Å². The minimum atomic E-state index is 0.353. The van der Waals surface area contributed by atoms with E-state index in [9.17, 15) is 0 Å². The normalized spacial score (nSPS) is 23.4. The zero-order valence-corrected chi connectivity index (χ0v) is 13.2. The molecule has 1 saturated heterocycles. The van der Waals surface area contributed by atoms with Gasteiger partial charge in [-0.2, -0.15) is 0 Å². The summed E-state index contributed by atoms with van der Waals surface area (Å²) in [5.41, 5.74) is 0.353. The average molecular weight is 267 g/mol. The van der Waals surface area contributed by atoms with Crippen LogP contribution in [0.2, 0.25) is 0 Å². The van der Waals surface area contributed by atoms with Crippen molar-refractivity contribution in [1.29, 1.82) is 0 Å². The van der Waals surface area contributed by atoms with Crippen molar-refractivity contribution >= 4 is 0 Å². The fraction of sp³-hybridized carbons (Fsp3) is 1.00. The maximum atomic E-state index is 3.45.